The standard InChI is InChI=1S/C13H14BrN3O4/c1-3-21-10-5-8(4-9(14)12(10)20-2)6-15-17-7-11(18)16-13(17)19/h4-6H,3,7H2,1-2H3,(H,16,18,19)/b15-6-. The summed E-state index contributed by atoms with van der Waals surface area (Å²) in [7, 11) is 1.55. The van der Waals surface area contributed by atoms with Crippen LogP contribution in [0.4, 0.5) is 4.79 Å². The number of methoxy groups -OCH3 is 1. The van der Waals surface area contributed by atoms with Crippen LogP contribution in [0.25, 0.3) is 0 Å². The first-order valence-corrected chi connectivity index (χ1v) is 7.00. The number of ether oxygens (including phenoxy) is 2. The summed E-state index contributed by atoms with van der Waals surface area (Å²) < 4.78 is 11.5. The second-order valence-corrected chi connectivity index (χ2v) is 4.98. The highest BCUT2D eigenvalue weighted by Gasteiger charge is 2.25. The van der Waals surface area contributed by atoms with E-state index in [0.29, 0.717) is 28.1 Å². The van der Waals surface area contributed by atoms with Gasteiger partial charge in [-0.3, -0.25) is 10.1 Å². The van der Waals surface area contributed by atoms with Gasteiger partial charge in [0.2, 0.25) is 5.91 Å². The molecule has 1 aliphatic heterocycles. The summed E-state index contributed by atoms with van der Waals surface area (Å²) in [6.45, 7) is 2.28. The van der Waals surface area contributed by atoms with Crippen LogP contribution in [0.5, 0.6) is 11.5 Å². The molecule has 1 aromatic carbocycles. The van der Waals surface area contributed by atoms with Crippen LogP contribution >= 0.6 is 15.9 Å². The van der Waals surface area contributed by atoms with E-state index >= 15 is 0 Å². The van der Waals surface area contributed by atoms with Crippen molar-refractivity contribution in [1.82, 2.24) is 10.3 Å². The molecular weight excluding hydrogens is 342 g/mol. The van der Waals surface area contributed by atoms with Gasteiger partial charge in [-0.1, -0.05) is 0 Å². The summed E-state index contributed by atoms with van der Waals surface area (Å²) in [6, 6.07) is 2.99. The average Bonchev–Trinajstić information content (AvgIpc) is 2.75. The second kappa shape index (κ2) is 6.57. The van der Waals surface area contributed by atoms with Crippen LogP contribution < -0.4 is 14.8 Å². The Bertz CT molecular complexity index is 603. The number of nitrogens with zero attached hydrogens (tertiary/aromatic N) is 2. The predicted molar refractivity (Wildman–Crippen MR) is 79.7 cm³/mol. The molecule has 0 unspecified atom stereocenters. The van der Waals surface area contributed by atoms with Crippen molar-refractivity contribution in [3.63, 3.8) is 0 Å². The van der Waals surface area contributed by atoms with Gasteiger partial charge in [0.1, 0.15) is 6.54 Å². The Labute approximate surface area is 130 Å². The summed E-state index contributed by atoms with van der Waals surface area (Å²) in [5, 5.41) is 7.18. The van der Waals surface area contributed by atoms with Gasteiger partial charge in [0.15, 0.2) is 11.5 Å². The molecule has 1 aliphatic rings. The van der Waals surface area contributed by atoms with Gasteiger partial charge in [-0.25, -0.2) is 9.80 Å². The van der Waals surface area contributed by atoms with Gasteiger partial charge in [-0.05, 0) is 40.5 Å². The van der Waals surface area contributed by atoms with Crippen LogP contribution in [0.15, 0.2) is 21.7 Å². The zero-order valence-corrected chi connectivity index (χ0v) is 13.1. The van der Waals surface area contributed by atoms with E-state index in [1.54, 1.807) is 19.2 Å². The number of halogens is 1. The number of imide groups is 1. The highest BCUT2D eigenvalue weighted by Crippen LogP contribution is 2.36. The third-order valence-corrected chi connectivity index (χ3v) is 3.25. The van der Waals surface area contributed by atoms with E-state index in [4.69, 9.17) is 9.47 Å². The number of carbonyl (C=O) groups excluding carboxylic acids is 2. The molecule has 1 N–H and O–H groups in total. The largest absolute Gasteiger partial charge is 0.492 e. The number of hydrogen-bond donors (Lipinski definition) is 1. The number of benzene rings is 1. The minimum atomic E-state index is -0.533. The molecular formula is C13H14BrN3O4. The molecule has 0 atom stereocenters. The van der Waals surface area contributed by atoms with Crippen molar-refractivity contribution in [3.8, 4) is 11.5 Å². The Balaban J connectivity index is 2.24. The Morgan fingerprint density at radius 1 is 1.48 bits per heavy atom. The maximum Gasteiger partial charge on any atom is 0.344 e. The van der Waals surface area contributed by atoms with Crippen LogP contribution in [0.2, 0.25) is 0 Å². The molecule has 1 aromatic rings. The van der Waals surface area contributed by atoms with Crippen molar-refractivity contribution in [2.45, 2.75) is 6.92 Å². The van der Waals surface area contributed by atoms with Gasteiger partial charge in [-0.2, -0.15) is 5.10 Å². The van der Waals surface area contributed by atoms with Crippen molar-refractivity contribution in [2.75, 3.05) is 20.3 Å². The number of hydrogen-bond acceptors (Lipinski definition) is 5. The second-order valence-electron chi connectivity index (χ2n) is 4.12. The molecule has 1 saturated heterocycles. The minimum Gasteiger partial charge on any atom is -0.492 e. The Hall–Kier alpha value is -2.09. The average molecular weight is 356 g/mol. The van der Waals surface area contributed by atoms with Crippen molar-refractivity contribution in [2.24, 2.45) is 5.10 Å². The van der Waals surface area contributed by atoms with Crippen LogP contribution in [-0.2, 0) is 4.79 Å². The maximum atomic E-state index is 11.4. The first-order chi connectivity index (χ1) is 10.0. The van der Waals surface area contributed by atoms with Crippen molar-refractivity contribution in [1.29, 1.82) is 0 Å². The maximum absolute atomic E-state index is 11.4. The third kappa shape index (κ3) is 3.52. The molecule has 1 heterocycles. The molecule has 21 heavy (non-hydrogen) atoms. The Kier molecular flexibility index (Phi) is 4.79. The zero-order valence-electron chi connectivity index (χ0n) is 11.6. The predicted octanol–water partition coefficient (Wildman–Crippen LogP) is 1.74. The van der Waals surface area contributed by atoms with E-state index in [-0.39, 0.29) is 12.5 Å². The lowest BCUT2D eigenvalue weighted by Crippen LogP contribution is -2.24. The molecule has 7 nitrogen and oxygen atoms in total. The zero-order chi connectivity index (χ0) is 15.4. The van der Waals surface area contributed by atoms with Crippen LogP contribution in [0, 0.1) is 0 Å². The molecule has 8 heteroatoms. The summed E-state index contributed by atoms with van der Waals surface area (Å²) >= 11 is 3.39. The van der Waals surface area contributed by atoms with Crippen molar-refractivity contribution in [3.05, 3.63) is 22.2 Å². The fourth-order valence-corrected chi connectivity index (χ4v) is 2.41. The van der Waals surface area contributed by atoms with Gasteiger partial charge in [-0.15, -0.1) is 0 Å². The first-order valence-electron chi connectivity index (χ1n) is 6.20. The molecule has 0 radical (unpaired) electrons. The topological polar surface area (TPSA) is 80.2 Å². The molecule has 2 rings (SSSR count). The van der Waals surface area contributed by atoms with Crippen LogP contribution in [0.1, 0.15) is 12.5 Å². The molecule has 3 amide bonds. The van der Waals surface area contributed by atoms with E-state index in [1.807, 2.05) is 6.92 Å². The van der Waals surface area contributed by atoms with Gasteiger partial charge in [0.25, 0.3) is 0 Å². The number of rotatable bonds is 5. The van der Waals surface area contributed by atoms with E-state index < -0.39 is 6.03 Å². The SMILES string of the molecule is CCOc1cc(/C=N\N2CC(=O)NC2=O)cc(Br)c1OC. The molecule has 0 bridgehead atoms. The number of urea groups is 1. The lowest BCUT2D eigenvalue weighted by molar-refractivity contribution is -0.118. The minimum absolute atomic E-state index is 0.0784. The van der Waals surface area contributed by atoms with Gasteiger partial charge in [0.05, 0.1) is 24.4 Å². The lowest BCUT2D eigenvalue weighted by atomic mass is 10.2. The van der Waals surface area contributed by atoms with E-state index in [2.05, 4.69) is 26.3 Å². The fourth-order valence-electron chi connectivity index (χ4n) is 1.78. The molecule has 0 aromatic heterocycles. The fraction of sp³-hybridized carbons (Fsp3) is 0.308. The highest BCUT2D eigenvalue weighted by molar-refractivity contribution is 9.10. The molecule has 112 valence electrons. The molecule has 0 aliphatic carbocycles. The summed E-state index contributed by atoms with van der Waals surface area (Å²) in [6.07, 6.45) is 1.48. The number of hydrazone groups is 1. The quantitative estimate of drug-likeness (QED) is 0.644. The smallest absolute Gasteiger partial charge is 0.344 e. The van der Waals surface area contributed by atoms with Gasteiger partial charge in [0, 0.05) is 0 Å². The van der Waals surface area contributed by atoms with E-state index in [0.717, 1.165) is 5.01 Å². The third-order valence-electron chi connectivity index (χ3n) is 2.66. The van der Waals surface area contributed by atoms with Crippen LogP contribution in [-0.4, -0.2) is 43.4 Å². The number of amides is 3. The highest BCUT2D eigenvalue weighted by atomic mass is 79.9. The van der Waals surface area contributed by atoms with E-state index in [1.165, 1.54) is 6.21 Å². The van der Waals surface area contributed by atoms with Crippen LogP contribution in [0.3, 0.4) is 0 Å². The Morgan fingerprint density at radius 2 is 2.24 bits per heavy atom. The lowest BCUT2D eigenvalue weighted by Gasteiger charge is -2.12. The number of carbonyl (C=O) groups is 2. The summed E-state index contributed by atoms with van der Waals surface area (Å²) in [4.78, 5) is 22.4. The summed E-state index contributed by atoms with van der Waals surface area (Å²) in [5.74, 6) is 0.781. The first kappa shape index (κ1) is 15.3. The van der Waals surface area contributed by atoms with Gasteiger partial charge < -0.3 is 9.47 Å². The molecule has 0 saturated carbocycles. The number of nitrogens with one attached hydrogen (secondary N) is 1. The summed E-state index contributed by atoms with van der Waals surface area (Å²) in [5.41, 5.74) is 0.707. The Morgan fingerprint density at radius 3 is 2.81 bits per heavy atom. The van der Waals surface area contributed by atoms with Crippen molar-refractivity contribution < 1.29 is 19.1 Å². The molecule has 0 spiro atoms. The normalized spacial score (nSPS) is 14.7. The van der Waals surface area contributed by atoms with E-state index in [9.17, 15) is 9.59 Å². The molecule has 1 fully saturated rings. The van der Waals surface area contributed by atoms with Gasteiger partial charge >= 0.3 is 6.03 Å². The monoisotopic (exact) mass is 355 g/mol. The van der Waals surface area contributed by atoms with Crippen molar-refractivity contribution >= 4 is 34.1 Å².